The minimum absolute atomic E-state index is 0.179. The molecule has 6 N–H and O–H groups in total. The molecule has 0 saturated carbocycles. The van der Waals surface area contributed by atoms with E-state index >= 15 is 0 Å². The first-order chi connectivity index (χ1) is 15.5. The number of nitrogens with two attached hydrogens (primary N) is 2. The quantitative estimate of drug-likeness (QED) is 0.353. The number of benzene rings is 4. The van der Waals surface area contributed by atoms with Gasteiger partial charge in [0.1, 0.15) is 11.5 Å². The van der Waals surface area contributed by atoms with Gasteiger partial charge < -0.3 is 21.7 Å². The molecule has 2 unspecified atom stereocenters. The molecule has 0 spiro atoms. The van der Waals surface area contributed by atoms with Crippen LogP contribution in [-0.4, -0.2) is 16.8 Å². The van der Waals surface area contributed by atoms with Crippen LogP contribution in [0.15, 0.2) is 109 Å². The second-order valence-corrected chi connectivity index (χ2v) is 8.20. The Hall–Kier alpha value is -3.60. The van der Waals surface area contributed by atoms with Crippen molar-refractivity contribution in [2.75, 3.05) is 6.54 Å². The van der Waals surface area contributed by atoms with Crippen molar-refractivity contribution in [2.45, 2.75) is 17.4 Å². The first-order valence-electron chi connectivity index (χ1n) is 10.7. The van der Waals surface area contributed by atoms with Gasteiger partial charge in [-0.05, 0) is 52.9 Å². The van der Waals surface area contributed by atoms with E-state index in [2.05, 4.69) is 12.1 Å². The van der Waals surface area contributed by atoms with Gasteiger partial charge >= 0.3 is 0 Å². The van der Waals surface area contributed by atoms with Gasteiger partial charge in [-0.1, -0.05) is 84.9 Å². The first-order valence-corrected chi connectivity index (χ1v) is 10.7. The molecule has 0 aliphatic rings. The SMILES string of the molecule is NCC(c1ccccc1)(c1ccc(O)cc1)C(N)(Cc1ccccc1)c1ccc(O)cc1. The van der Waals surface area contributed by atoms with Gasteiger partial charge in [0.2, 0.25) is 0 Å². The highest BCUT2D eigenvalue weighted by molar-refractivity contribution is 5.51. The summed E-state index contributed by atoms with van der Waals surface area (Å²) < 4.78 is 0. The molecule has 0 fully saturated rings. The summed E-state index contributed by atoms with van der Waals surface area (Å²) >= 11 is 0. The molecule has 0 heterocycles. The molecule has 162 valence electrons. The molecule has 4 rings (SSSR count). The number of phenolic OH excluding ortho intramolecular Hbond substituents is 2. The average Bonchev–Trinajstić information content (AvgIpc) is 2.83. The fourth-order valence-corrected chi connectivity index (χ4v) is 4.74. The summed E-state index contributed by atoms with van der Waals surface area (Å²) in [5.41, 5.74) is 16.2. The fraction of sp³-hybridized carbons (Fsp3) is 0.143. The van der Waals surface area contributed by atoms with Crippen LogP contribution in [0.3, 0.4) is 0 Å². The summed E-state index contributed by atoms with van der Waals surface area (Å²) in [5.74, 6) is 0.363. The third-order valence-electron chi connectivity index (χ3n) is 6.40. The molecule has 4 heteroatoms. The fourth-order valence-electron chi connectivity index (χ4n) is 4.74. The standard InChI is InChI=1S/C28H28N2O2/c29-20-27(22-9-5-2-6-10-22,23-11-15-25(31)16-12-23)28(30,19-21-7-3-1-4-8-21)24-13-17-26(32)18-14-24/h1-18,31-32H,19-20,29-30H2. The molecule has 0 bridgehead atoms. The van der Waals surface area contributed by atoms with Gasteiger partial charge in [-0.3, -0.25) is 0 Å². The van der Waals surface area contributed by atoms with Gasteiger partial charge in [0.15, 0.2) is 0 Å². The minimum atomic E-state index is -0.963. The topological polar surface area (TPSA) is 92.5 Å². The van der Waals surface area contributed by atoms with E-state index in [0.29, 0.717) is 6.42 Å². The van der Waals surface area contributed by atoms with E-state index < -0.39 is 11.0 Å². The Bertz CT molecular complexity index is 1150. The lowest BCUT2D eigenvalue weighted by atomic mass is 9.57. The Labute approximate surface area is 188 Å². The Morgan fingerprint density at radius 3 is 1.50 bits per heavy atom. The van der Waals surface area contributed by atoms with Crippen molar-refractivity contribution in [3.05, 3.63) is 131 Å². The normalized spacial score (nSPS) is 14.9. The Balaban J connectivity index is 2.04. The van der Waals surface area contributed by atoms with Gasteiger partial charge in [0, 0.05) is 6.54 Å². The van der Waals surface area contributed by atoms with E-state index in [1.807, 2.05) is 72.8 Å². The molecule has 0 radical (unpaired) electrons. The summed E-state index contributed by atoms with van der Waals surface area (Å²) in [7, 11) is 0. The van der Waals surface area contributed by atoms with Crippen molar-refractivity contribution in [3.8, 4) is 11.5 Å². The van der Waals surface area contributed by atoms with Crippen molar-refractivity contribution >= 4 is 0 Å². The molecule has 4 aromatic carbocycles. The lowest BCUT2D eigenvalue weighted by molar-refractivity contribution is 0.264. The van der Waals surface area contributed by atoms with Crippen LogP contribution in [-0.2, 0) is 17.4 Å². The zero-order valence-electron chi connectivity index (χ0n) is 17.9. The van der Waals surface area contributed by atoms with E-state index in [4.69, 9.17) is 11.5 Å². The van der Waals surface area contributed by atoms with E-state index in [-0.39, 0.29) is 18.0 Å². The van der Waals surface area contributed by atoms with Crippen molar-refractivity contribution in [1.29, 1.82) is 0 Å². The van der Waals surface area contributed by atoms with E-state index in [0.717, 1.165) is 22.3 Å². The molecule has 32 heavy (non-hydrogen) atoms. The monoisotopic (exact) mass is 424 g/mol. The second-order valence-electron chi connectivity index (χ2n) is 8.20. The maximum atomic E-state index is 9.96. The van der Waals surface area contributed by atoms with Crippen LogP contribution in [0.5, 0.6) is 11.5 Å². The molecular weight excluding hydrogens is 396 g/mol. The lowest BCUT2D eigenvalue weighted by Crippen LogP contribution is -2.61. The smallest absolute Gasteiger partial charge is 0.115 e. The summed E-state index contributed by atoms with van der Waals surface area (Å²) in [4.78, 5) is 0. The minimum Gasteiger partial charge on any atom is -0.508 e. The summed E-state index contributed by atoms with van der Waals surface area (Å²) in [5, 5.41) is 19.9. The van der Waals surface area contributed by atoms with Crippen LogP contribution in [0.25, 0.3) is 0 Å². The largest absolute Gasteiger partial charge is 0.508 e. The number of hydrogen-bond donors (Lipinski definition) is 4. The molecule has 0 saturated heterocycles. The summed E-state index contributed by atoms with van der Waals surface area (Å²) in [6, 6.07) is 34.3. The molecule has 4 aromatic rings. The Morgan fingerprint density at radius 2 is 1.00 bits per heavy atom. The predicted octanol–water partition coefficient (Wildman–Crippen LogP) is 4.44. The van der Waals surface area contributed by atoms with Gasteiger partial charge in [-0.2, -0.15) is 0 Å². The van der Waals surface area contributed by atoms with Crippen LogP contribution >= 0.6 is 0 Å². The van der Waals surface area contributed by atoms with Crippen molar-refractivity contribution in [3.63, 3.8) is 0 Å². The molecule has 0 aliphatic carbocycles. The second kappa shape index (κ2) is 8.87. The Kier molecular flexibility index (Phi) is 5.99. The predicted molar refractivity (Wildman–Crippen MR) is 129 cm³/mol. The highest BCUT2D eigenvalue weighted by Crippen LogP contribution is 2.47. The van der Waals surface area contributed by atoms with Crippen molar-refractivity contribution in [2.24, 2.45) is 11.5 Å². The van der Waals surface area contributed by atoms with Crippen molar-refractivity contribution < 1.29 is 10.2 Å². The number of rotatable bonds is 7. The number of phenols is 2. The van der Waals surface area contributed by atoms with Crippen LogP contribution < -0.4 is 11.5 Å². The first kappa shape index (κ1) is 21.6. The van der Waals surface area contributed by atoms with Crippen LogP contribution in [0.2, 0.25) is 0 Å². The maximum absolute atomic E-state index is 9.96. The van der Waals surface area contributed by atoms with Crippen LogP contribution in [0, 0.1) is 0 Å². The van der Waals surface area contributed by atoms with E-state index in [1.165, 1.54) is 0 Å². The zero-order valence-corrected chi connectivity index (χ0v) is 17.9. The van der Waals surface area contributed by atoms with E-state index in [1.54, 1.807) is 24.3 Å². The third-order valence-corrected chi connectivity index (χ3v) is 6.40. The molecule has 0 aliphatic heterocycles. The van der Waals surface area contributed by atoms with Gasteiger partial charge in [0.25, 0.3) is 0 Å². The van der Waals surface area contributed by atoms with Gasteiger partial charge in [-0.15, -0.1) is 0 Å². The van der Waals surface area contributed by atoms with Gasteiger partial charge in [0.05, 0.1) is 11.0 Å². The Morgan fingerprint density at radius 1 is 0.562 bits per heavy atom. The molecule has 2 atom stereocenters. The molecule has 0 amide bonds. The van der Waals surface area contributed by atoms with Crippen LogP contribution in [0.4, 0.5) is 0 Å². The van der Waals surface area contributed by atoms with Crippen molar-refractivity contribution in [1.82, 2.24) is 0 Å². The highest BCUT2D eigenvalue weighted by atomic mass is 16.3. The average molecular weight is 425 g/mol. The molecular formula is C28H28N2O2. The molecule has 4 nitrogen and oxygen atoms in total. The van der Waals surface area contributed by atoms with Crippen LogP contribution in [0.1, 0.15) is 22.3 Å². The molecule has 0 aromatic heterocycles. The highest BCUT2D eigenvalue weighted by Gasteiger charge is 2.51. The summed E-state index contributed by atoms with van der Waals surface area (Å²) in [6.45, 7) is 0.242. The maximum Gasteiger partial charge on any atom is 0.115 e. The lowest BCUT2D eigenvalue weighted by Gasteiger charge is -2.50. The number of hydrogen-bond acceptors (Lipinski definition) is 4. The van der Waals surface area contributed by atoms with E-state index in [9.17, 15) is 10.2 Å². The zero-order chi connectivity index (χ0) is 22.6. The number of aromatic hydroxyl groups is 2. The summed E-state index contributed by atoms with van der Waals surface area (Å²) in [6.07, 6.45) is 0.519. The third kappa shape index (κ3) is 3.75. The van der Waals surface area contributed by atoms with Gasteiger partial charge in [-0.25, -0.2) is 0 Å².